The van der Waals surface area contributed by atoms with Crippen LogP contribution in [0.3, 0.4) is 0 Å². The molecule has 9 heteroatoms. The molecule has 1 fully saturated rings. The van der Waals surface area contributed by atoms with E-state index in [2.05, 4.69) is 33.2 Å². The molecule has 31 heavy (non-hydrogen) atoms. The van der Waals surface area contributed by atoms with Crippen molar-refractivity contribution in [2.45, 2.75) is 71.0 Å². The Balaban J connectivity index is 1.44. The van der Waals surface area contributed by atoms with Gasteiger partial charge in [0.1, 0.15) is 11.6 Å². The van der Waals surface area contributed by atoms with Crippen molar-refractivity contribution in [3.05, 3.63) is 28.1 Å². The molecule has 0 aromatic carbocycles. The first kappa shape index (κ1) is 21.8. The molecule has 2 aliphatic rings. The number of likely N-dealkylation sites (N-methyl/N-ethyl adjacent to an activating group) is 1. The number of hydrogen-bond acceptors (Lipinski definition) is 7. The minimum absolute atomic E-state index is 0.0141. The van der Waals surface area contributed by atoms with Crippen LogP contribution in [0.15, 0.2) is 10.9 Å². The Kier molecular flexibility index (Phi) is 6.89. The summed E-state index contributed by atoms with van der Waals surface area (Å²) in [5, 5.41) is 8.25. The molecule has 0 spiro atoms. The number of fused-ring (bicyclic) bond motifs is 1. The van der Waals surface area contributed by atoms with Gasteiger partial charge in [-0.15, -0.1) is 0 Å². The van der Waals surface area contributed by atoms with Crippen molar-refractivity contribution in [2.24, 2.45) is 0 Å². The Morgan fingerprint density at radius 3 is 2.68 bits per heavy atom. The van der Waals surface area contributed by atoms with Crippen LogP contribution in [0.5, 0.6) is 0 Å². The highest BCUT2D eigenvalue weighted by atomic mass is 16.2. The normalized spacial score (nSPS) is 19.4. The van der Waals surface area contributed by atoms with E-state index in [-0.39, 0.29) is 11.7 Å². The average molecular weight is 429 g/mol. The Hall–Kier alpha value is -2.42. The van der Waals surface area contributed by atoms with Gasteiger partial charge in [0, 0.05) is 50.4 Å². The van der Waals surface area contributed by atoms with E-state index in [1.54, 1.807) is 4.68 Å². The van der Waals surface area contributed by atoms with Gasteiger partial charge in [0.25, 0.3) is 0 Å². The van der Waals surface area contributed by atoms with Crippen molar-refractivity contribution in [1.29, 1.82) is 0 Å². The fourth-order valence-corrected chi connectivity index (χ4v) is 4.40. The summed E-state index contributed by atoms with van der Waals surface area (Å²) in [6.45, 7) is 6.35. The number of nitrogens with zero attached hydrogens (tertiary/aromatic N) is 7. The number of aromatic nitrogens is 5. The third-order valence-electron chi connectivity index (χ3n) is 6.30. The van der Waals surface area contributed by atoms with Crippen LogP contribution in [0.2, 0.25) is 0 Å². The molecule has 1 atom stereocenters. The molecule has 1 unspecified atom stereocenters. The topological polar surface area (TPSA) is 84.1 Å². The predicted molar refractivity (Wildman–Crippen MR) is 123 cm³/mol. The van der Waals surface area contributed by atoms with Crippen molar-refractivity contribution >= 4 is 11.8 Å². The fraction of sp³-hybridized carbons (Fsp3) is 0.727. The largest absolute Gasteiger partial charge is 0.367 e. The summed E-state index contributed by atoms with van der Waals surface area (Å²) in [5.74, 6) is 2.66. The van der Waals surface area contributed by atoms with Crippen molar-refractivity contribution < 1.29 is 0 Å². The second-order valence-electron chi connectivity index (χ2n) is 8.99. The first-order chi connectivity index (χ1) is 15.0. The Morgan fingerprint density at radius 2 is 1.94 bits per heavy atom. The molecular formula is C22H36N8O. The van der Waals surface area contributed by atoms with Crippen molar-refractivity contribution in [2.75, 3.05) is 43.9 Å². The molecule has 0 amide bonds. The maximum atomic E-state index is 12.7. The van der Waals surface area contributed by atoms with E-state index >= 15 is 0 Å². The van der Waals surface area contributed by atoms with E-state index in [4.69, 9.17) is 9.97 Å². The molecule has 2 aromatic rings. The summed E-state index contributed by atoms with van der Waals surface area (Å²) in [6.07, 6.45) is 7.23. The highest BCUT2D eigenvalue weighted by molar-refractivity contribution is 5.45. The van der Waals surface area contributed by atoms with E-state index in [9.17, 15) is 4.79 Å². The van der Waals surface area contributed by atoms with Gasteiger partial charge in [-0.25, -0.2) is 14.5 Å². The standard InChI is InChI=1S/C22H36N8O/c1-4-17-16-19(25-21(24-17)28-11-6-5-7-12-28)23-18-8-9-20-26-30(15-14-27(2)3)22(31)29(20)13-10-18/h16,18H,4-15H2,1-3H3,(H,23,24,25). The van der Waals surface area contributed by atoms with Gasteiger partial charge in [-0.3, -0.25) is 4.57 Å². The van der Waals surface area contributed by atoms with Crippen LogP contribution < -0.4 is 15.9 Å². The highest BCUT2D eigenvalue weighted by Crippen LogP contribution is 2.21. The van der Waals surface area contributed by atoms with Gasteiger partial charge in [0.05, 0.1) is 6.54 Å². The molecular weight excluding hydrogens is 392 g/mol. The molecule has 1 N–H and O–H groups in total. The van der Waals surface area contributed by atoms with Crippen molar-refractivity contribution in [3.8, 4) is 0 Å². The number of anilines is 2. The summed E-state index contributed by atoms with van der Waals surface area (Å²) in [4.78, 5) is 26.8. The van der Waals surface area contributed by atoms with Crippen molar-refractivity contribution in [1.82, 2.24) is 29.2 Å². The van der Waals surface area contributed by atoms with E-state index in [1.165, 1.54) is 19.3 Å². The zero-order valence-electron chi connectivity index (χ0n) is 19.2. The second-order valence-corrected chi connectivity index (χ2v) is 8.99. The van der Waals surface area contributed by atoms with Gasteiger partial charge >= 0.3 is 5.69 Å². The zero-order valence-corrected chi connectivity index (χ0v) is 19.2. The van der Waals surface area contributed by atoms with E-state index in [1.807, 2.05) is 18.7 Å². The number of aryl methyl sites for hydroxylation is 2. The molecule has 0 aliphatic carbocycles. The first-order valence-corrected chi connectivity index (χ1v) is 11.7. The minimum atomic E-state index is 0.0141. The molecule has 0 saturated carbocycles. The van der Waals surface area contributed by atoms with E-state index in [0.29, 0.717) is 13.1 Å². The number of hydrogen-bond donors (Lipinski definition) is 1. The second kappa shape index (κ2) is 9.80. The zero-order chi connectivity index (χ0) is 21.8. The van der Waals surface area contributed by atoms with E-state index < -0.39 is 0 Å². The summed E-state index contributed by atoms with van der Waals surface area (Å²) in [6, 6.07) is 2.34. The lowest BCUT2D eigenvalue weighted by molar-refractivity contribution is 0.367. The summed E-state index contributed by atoms with van der Waals surface area (Å²) >= 11 is 0. The van der Waals surface area contributed by atoms with Crippen LogP contribution in [0.4, 0.5) is 11.8 Å². The lowest BCUT2D eigenvalue weighted by Gasteiger charge is -2.27. The Morgan fingerprint density at radius 1 is 1.13 bits per heavy atom. The van der Waals surface area contributed by atoms with Gasteiger partial charge in [-0.05, 0) is 52.6 Å². The van der Waals surface area contributed by atoms with Crippen LogP contribution >= 0.6 is 0 Å². The number of rotatable bonds is 7. The molecule has 2 aliphatic heterocycles. The molecule has 1 saturated heterocycles. The molecule has 2 aromatic heterocycles. The van der Waals surface area contributed by atoms with Gasteiger partial charge in [-0.1, -0.05) is 6.92 Å². The molecule has 4 heterocycles. The van der Waals surface area contributed by atoms with Crippen LogP contribution in [0.25, 0.3) is 0 Å². The van der Waals surface area contributed by atoms with Gasteiger partial charge < -0.3 is 15.1 Å². The molecule has 4 rings (SSSR count). The maximum absolute atomic E-state index is 12.7. The third kappa shape index (κ3) is 5.26. The molecule has 0 radical (unpaired) electrons. The fourth-order valence-electron chi connectivity index (χ4n) is 4.40. The monoisotopic (exact) mass is 428 g/mol. The maximum Gasteiger partial charge on any atom is 0.345 e. The number of nitrogens with one attached hydrogen (secondary N) is 1. The predicted octanol–water partition coefficient (Wildman–Crippen LogP) is 1.77. The lowest BCUT2D eigenvalue weighted by atomic mass is 10.1. The molecule has 0 bridgehead atoms. The Labute approximate surface area is 184 Å². The first-order valence-electron chi connectivity index (χ1n) is 11.7. The van der Waals surface area contributed by atoms with Crippen LogP contribution in [0, 0.1) is 0 Å². The van der Waals surface area contributed by atoms with Gasteiger partial charge in [0.15, 0.2) is 0 Å². The van der Waals surface area contributed by atoms with Crippen molar-refractivity contribution in [3.63, 3.8) is 0 Å². The summed E-state index contributed by atoms with van der Waals surface area (Å²) in [5.41, 5.74) is 1.09. The summed E-state index contributed by atoms with van der Waals surface area (Å²) < 4.78 is 3.47. The van der Waals surface area contributed by atoms with Gasteiger partial charge in [0.2, 0.25) is 5.95 Å². The SMILES string of the molecule is CCc1cc(NC2CCc3nn(CCN(C)C)c(=O)n3CC2)nc(N2CCCCC2)n1. The minimum Gasteiger partial charge on any atom is -0.367 e. The smallest absolute Gasteiger partial charge is 0.345 e. The van der Waals surface area contributed by atoms with Crippen LogP contribution in [0.1, 0.15) is 50.5 Å². The summed E-state index contributed by atoms with van der Waals surface area (Å²) in [7, 11) is 4.02. The van der Waals surface area contributed by atoms with Crippen LogP contribution in [-0.4, -0.2) is 69.0 Å². The Bertz CT molecular complexity index is 928. The van der Waals surface area contributed by atoms with Crippen LogP contribution in [-0.2, 0) is 25.9 Å². The quantitative estimate of drug-likeness (QED) is 0.719. The number of piperidine rings is 1. The lowest BCUT2D eigenvalue weighted by Crippen LogP contribution is -2.32. The van der Waals surface area contributed by atoms with Gasteiger partial charge in [-0.2, -0.15) is 10.1 Å². The average Bonchev–Trinajstić information content (AvgIpc) is 2.94. The van der Waals surface area contributed by atoms with E-state index in [0.717, 1.165) is 68.6 Å². The molecule has 9 nitrogen and oxygen atoms in total. The molecule has 170 valence electrons. The highest BCUT2D eigenvalue weighted by Gasteiger charge is 2.22. The third-order valence-corrected chi connectivity index (χ3v) is 6.30.